The van der Waals surface area contributed by atoms with Gasteiger partial charge in [-0.15, -0.1) is 0 Å². The predicted octanol–water partition coefficient (Wildman–Crippen LogP) is 16.8. The lowest BCUT2D eigenvalue weighted by atomic mass is 9.85. The van der Waals surface area contributed by atoms with Crippen LogP contribution in [-0.2, 0) is 10.8 Å². The van der Waals surface area contributed by atoms with E-state index in [1.165, 1.54) is 54.5 Å². The van der Waals surface area contributed by atoms with Crippen molar-refractivity contribution in [3.63, 3.8) is 0 Å². The van der Waals surface area contributed by atoms with Gasteiger partial charge in [0.05, 0.1) is 33.1 Å². The highest BCUT2D eigenvalue weighted by Crippen LogP contribution is 2.39. The van der Waals surface area contributed by atoms with Crippen LogP contribution < -0.4 is 0 Å². The SMILES string of the molecule is C=C/C(=C\C=C\n1c2ccccc2c2ccccc21)c1nc(-c2ccc(-n3c4ccccc4c4ccccc43)cc2)nc(-c2ccc(-n3c4ccc(C(C)(C)C)cc4c4cc(C(C)(C)C)ccc43)cc2)n1. The molecular formula is C65H54N6. The first-order valence-corrected chi connectivity index (χ1v) is 24.5. The van der Waals surface area contributed by atoms with E-state index in [4.69, 9.17) is 15.0 Å². The number of fused-ring (bicyclic) bond motifs is 9. The highest BCUT2D eigenvalue weighted by molar-refractivity contribution is 6.11. The number of nitrogens with zero attached hydrogens (tertiary/aromatic N) is 6. The molecule has 12 rings (SSSR count). The van der Waals surface area contributed by atoms with E-state index in [1.807, 2.05) is 12.2 Å². The number of para-hydroxylation sites is 4. The monoisotopic (exact) mass is 918 g/mol. The van der Waals surface area contributed by atoms with Crippen LogP contribution in [-0.4, -0.2) is 28.7 Å². The minimum Gasteiger partial charge on any atom is -0.316 e. The van der Waals surface area contributed by atoms with E-state index < -0.39 is 0 Å². The molecule has 8 aromatic carbocycles. The van der Waals surface area contributed by atoms with Crippen molar-refractivity contribution < 1.29 is 0 Å². The molecule has 71 heavy (non-hydrogen) atoms. The molecule has 344 valence electrons. The largest absolute Gasteiger partial charge is 0.316 e. The molecule has 6 nitrogen and oxygen atoms in total. The first-order valence-electron chi connectivity index (χ1n) is 24.5. The van der Waals surface area contributed by atoms with Gasteiger partial charge in [0, 0.05) is 66.6 Å². The van der Waals surface area contributed by atoms with Gasteiger partial charge in [-0.05, 0) is 131 Å². The summed E-state index contributed by atoms with van der Waals surface area (Å²) in [5.41, 5.74) is 14.3. The molecule has 0 fully saturated rings. The third kappa shape index (κ3) is 7.55. The van der Waals surface area contributed by atoms with Crippen LogP contribution in [0.15, 0.2) is 207 Å². The summed E-state index contributed by atoms with van der Waals surface area (Å²) in [5, 5.41) is 7.39. The molecule has 0 aliphatic heterocycles. The maximum Gasteiger partial charge on any atom is 0.164 e. The summed E-state index contributed by atoms with van der Waals surface area (Å²) >= 11 is 0. The summed E-state index contributed by atoms with van der Waals surface area (Å²) in [5.74, 6) is 1.69. The van der Waals surface area contributed by atoms with E-state index in [9.17, 15) is 0 Å². The Labute approximate surface area is 414 Å². The van der Waals surface area contributed by atoms with E-state index in [0.29, 0.717) is 17.5 Å². The molecule has 0 amide bonds. The minimum atomic E-state index is 0.0197. The number of hydrogen-bond donors (Lipinski definition) is 0. The quantitative estimate of drug-likeness (QED) is 0.143. The lowest BCUT2D eigenvalue weighted by molar-refractivity contribution is 0.590. The van der Waals surface area contributed by atoms with Crippen LogP contribution in [0.2, 0.25) is 0 Å². The Morgan fingerprint density at radius 3 is 1.21 bits per heavy atom. The van der Waals surface area contributed by atoms with Crippen LogP contribution >= 0.6 is 0 Å². The fraction of sp³-hybridized carbons (Fsp3) is 0.123. The fourth-order valence-electron chi connectivity index (χ4n) is 10.3. The zero-order chi connectivity index (χ0) is 48.6. The number of benzene rings is 8. The molecule has 0 N–H and O–H groups in total. The molecule has 0 atom stereocenters. The summed E-state index contributed by atoms with van der Waals surface area (Å²) in [7, 11) is 0. The number of hydrogen-bond acceptors (Lipinski definition) is 3. The van der Waals surface area contributed by atoms with Gasteiger partial charge in [-0.3, -0.25) is 0 Å². The van der Waals surface area contributed by atoms with Crippen molar-refractivity contribution in [2.75, 3.05) is 0 Å². The van der Waals surface area contributed by atoms with E-state index in [1.54, 1.807) is 0 Å². The Hall–Kier alpha value is -8.61. The van der Waals surface area contributed by atoms with Crippen LogP contribution in [0.25, 0.3) is 111 Å². The summed E-state index contributed by atoms with van der Waals surface area (Å²) in [6.45, 7) is 18.0. The Bertz CT molecular complexity index is 3940. The third-order valence-electron chi connectivity index (χ3n) is 14.1. The average molecular weight is 919 g/mol. The molecule has 0 bridgehead atoms. The van der Waals surface area contributed by atoms with Gasteiger partial charge in [-0.2, -0.15) is 0 Å². The van der Waals surface area contributed by atoms with Crippen LogP contribution in [0.1, 0.15) is 58.5 Å². The Balaban J connectivity index is 0.975. The number of aromatic nitrogens is 6. The summed E-state index contributed by atoms with van der Waals surface area (Å²) in [6, 6.07) is 65.3. The smallest absolute Gasteiger partial charge is 0.164 e. The van der Waals surface area contributed by atoms with E-state index in [-0.39, 0.29) is 10.8 Å². The highest BCUT2D eigenvalue weighted by atomic mass is 15.0. The first-order chi connectivity index (χ1) is 34.4. The highest BCUT2D eigenvalue weighted by Gasteiger charge is 2.22. The summed E-state index contributed by atoms with van der Waals surface area (Å²) in [6.07, 6.45) is 8.01. The normalized spacial score (nSPS) is 12.7. The second kappa shape index (κ2) is 16.8. The van der Waals surface area contributed by atoms with Gasteiger partial charge in [0.25, 0.3) is 0 Å². The second-order valence-corrected chi connectivity index (χ2v) is 20.6. The van der Waals surface area contributed by atoms with Gasteiger partial charge in [-0.25, -0.2) is 15.0 Å². The lowest BCUT2D eigenvalue weighted by Crippen LogP contribution is -2.10. The van der Waals surface area contributed by atoms with Crippen molar-refractivity contribution >= 4 is 77.2 Å². The minimum absolute atomic E-state index is 0.0197. The molecule has 4 aromatic heterocycles. The second-order valence-electron chi connectivity index (χ2n) is 20.6. The fourth-order valence-corrected chi connectivity index (χ4v) is 10.3. The average Bonchev–Trinajstić information content (AvgIpc) is 4.02. The third-order valence-corrected chi connectivity index (χ3v) is 14.1. The van der Waals surface area contributed by atoms with Crippen LogP contribution in [0.5, 0.6) is 0 Å². The standard InChI is InChI=1S/C65H54N6/c1-8-42(18-17-39-69-55-23-13-9-19-49(55)50-20-10-14-24-56(50)69)61-66-62(43-27-33-47(34-28-43)70-57-25-15-11-21-51(57)52-22-12-16-26-58(52)70)68-63(67-61)44-29-35-48(36-30-44)71-59-37-31-45(64(2,3)4)40-53(59)54-41-46(65(5,6)7)32-38-60(54)71/h8-41H,1H2,2-7H3/b39-17+,42-18+. The topological polar surface area (TPSA) is 53.5 Å². The maximum atomic E-state index is 5.21. The molecule has 0 saturated heterocycles. The van der Waals surface area contributed by atoms with E-state index >= 15 is 0 Å². The molecule has 0 radical (unpaired) electrons. The predicted molar refractivity (Wildman–Crippen MR) is 300 cm³/mol. The van der Waals surface area contributed by atoms with Crippen LogP contribution in [0.4, 0.5) is 0 Å². The van der Waals surface area contributed by atoms with Crippen molar-refractivity contribution in [2.45, 2.75) is 52.4 Å². The Morgan fingerprint density at radius 1 is 0.423 bits per heavy atom. The Morgan fingerprint density at radius 2 is 0.803 bits per heavy atom. The molecule has 0 saturated carbocycles. The van der Waals surface area contributed by atoms with Crippen molar-refractivity contribution in [1.82, 2.24) is 28.7 Å². The van der Waals surface area contributed by atoms with E-state index in [0.717, 1.165) is 50.1 Å². The van der Waals surface area contributed by atoms with Crippen LogP contribution in [0.3, 0.4) is 0 Å². The lowest BCUT2D eigenvalue weighted by Gasteiger charge is -2.19. The van der Waals surface area contributed by atoms with Gasteiger partial charge >= 0.3 is 0 Å². The number of allylic oxidation sites excluding steroid dienone is 4. The van der Waals surface area contributed by atoms with Crippen molar-refractivity contribution in [3.05, 3.63) is 224 Å². The summed E-state index contributed by atoms with van der Waals surface area (Å²) < 4.78 is 6.95. The van der Waals surface area contributed by atoms with Gasteiger partial charge < -0.3 is 13.7 Å². The molecular weight excluding hydrogens is 865 g/mol. The molecule has 0 unspecified atom stereocenters. The van der Waals surface area contributed by atoms with Gasteiger partial charge in [0.2, 0.25) is 0 Å². The number of rotatable bonds is 8. The molecule has 0 spiro atoms. The first kappa shape index (κ1) is 43.7. The van der Waals surface area contributed by atoms with Crippen molar-refractivity contribution in [3.8, 4) is 34.2 Å². The van der Waals surface area contributed by atoms with Crippen molar-refractivity contribution in [1.29, 1.82) is 0 Å². The molecule has 4 heterocycles. The molecule has 0 aliphatic rings. The van der Waals surface area contributed by atoms with Crippen molar-refractivity contribution in [2.24, 2.45) is 0 Å². The molecule has 0 aliphatic carbocycles. The van der Waals surface area contributed by atoms with Crippen LogP contribution in [0, 0.1) is 0 Å². The zero-order valence-electron chi connectivity index (χ0n) is 41.0. The zero-order valence-corrected chi connectivity index (χ0v) is 41.0. The molecule has 12 aromatic rings. The maximum absolute atomic E-state index is 5.21. The van der Waals surface area contributed by atoms with E-state index in [2.05, 4.69) is 256 Å². The Kier molecular flexibility index (Phi) is 10.3. The van der Waals surface area contributed by atoms with Gasteiger partial charge in [0.1, 0.15) is 0 Å². The molecule has 6 heteroatoms. The van der Waals surface area contributed by atoms with Gasteiger partial charge in [0.15, 0.2) is 17.5 Å². The van der Waals surface area contributed by atoms with Gasteiger partial charge in [-0.1, -0.05) is 139 Å². The summed E-state index contributed by atoms with van der Waals surface area (Å²) in [4.78, 5) is 15.6.